The van der Waals surface area contributed by atoms with E-state index in [1.165, 1.54) is 22.6 Å². The van der Waals surface area contributed by atoms with Crippen molar-refractivity contribution in [3.05, 3.63) is 27.2 Å². The number of esters is 1. The van der Waals surface area contributed by atoms with Crippen LogP contribution in [-0.4, -0.2) is 31.8 Å². The number of carbonyl (C=O) groups excluding carboxylic acids is 1. The third kappa shape index (κ3) is 1.49. The summed E-state index contributed by atoms with van der Waals surface area (Å²) in [6.07, 6.45) is 2.88. The summed E-state index contributed by atoms with van der Waals surface area (Å²) in [5, 5.41) is 0. The van der Waals surface area contributed by atoms with E-state index in [4.69, 9.17) is 4.74 Å². The largest absolute Gasteiger partial charge is 0.469 e. The molecule has 0 N–H and O–H groups in total. The number of aromatic nitrogens is 4. The van der Waals surface area contributed by atoms with Gasteiger partial charge < -0.3 is 9.30 Å². The average Bonchev–Trinajstić information content (AvgIpc) is 2.92. The summed E-state index contributed by atoms with van der Waals surface area (Å²) in [5.41, 5.74) is -0.469. The van der Waals surface area contributed by atoms with Gasteiger partial charge in [-0.3, -0.25) is 18.7 Å². The number of hydrogen-bond acceptors (Lipinski definition) is 5. The van der Waals surface area contributed by atoms with Crippen molar-refractivity contribution in [1.29, 1.82) is 0 Å². The van der Waals surface area contributed by atoms with Crippen LogP contribution in [0.1, 0.15) is 19.8 Å². The van der Waals surface area contributed by atoms with Gasteiger partial charge in [-0.25, -0.2) is 9.78 Å². The van der Waals surface area contributed by atoms with Crippen LogP contribution in [0.15, 0.2) is 15.9 Å². The third-order valence-corrected chi connectivity index (χ3v) is 6.35. The summed E-state index contributed by atoms with van der Waals surface area (Å²) in [5.74, 6) is -0.0736. The molecule has 0 radical (unpaired) electrons. The maximum absolute atomic E-state index is 12.8. The SMILES string of the molecule is COC(=O)C12CC(Cn3c(=O)c4c(ncn4C)n(C)c3=O)(C1)C2C. The van der Waals surface area contributed by atoms with E-state index in [2.05, 4.69) is 4.98 Å². The smallest absolute Gasteiger partial charge is 0.332 e. The van der Waals surface area contributed by atoms with Gasteiger partial charge in [0.05, 0.1) is 18.9 Å². The van der Waals surface area contributed by atoms with Crippen LogP contribution in [0.4, 0.5) is 0 Å². The molecule has 0 aliphatic heterocycles. The highest BCUT2D eigenvalue weighted by molar-refractivity contribution is 5.81. The van der Waals surface area contributed by atoms with Crippen molar-refractivity contribution in [2.24, 2.45) is 30.8 Å². The van der Waals surface area contributed by atoms with E-state index in [-0.39, 0.29) is 28.6 Å². The Labute approximate surface area is 137 Å². The van der Waals surface area contributed by atoms with E-state index in [0.29, 0.717) is 30.6 Å². The molecule has 2 heterocycles. The quantitative estimate of drug-likeness (QED) is 0.740. The van der Waals surface area contributed by atoms with Crippen LogP contribution >= 0.6 is 0 Å². The Balaban J connectivity index is 1.76. The fourth-order valence-corrected chi connectivity index (χ4v) is 4.76. The second-order valence-corrected chi connectivity index (χ2v) is 7.35. The van der Waals surface area contributed by atoms with Crippen LogP contribution in [0.5, 0.6) is 0 Å². The van der Waals surface area contributed by atoms with Gasteiger partial charge in [0.1, 0.15) is 0 Å². The number of carbonyl (C=O) groups is 1. The molecule has 128 valence electrons. The van der Waals surface area contributed by atoms with Gasteiger partial charge in [0.2, 0.25) is 0 Å². The molecule has 8 nitrogen and oxygen atoms in total. The highest BCUT2D eigenvalue weighted by atomic mass is 16.5. The monoisotopic (exact) mass is 332 g/mol. The van der Waals surface area contributed by atoms with Crippen molar-refractivity contribution >= 4 is 17.1 Å². The van der Waals surface area contributed by atoms with Crippen LogP contribution < -0.4 is 11.2 Å². The molecule has 5 rings (SSSR count). The molecule has 2 bridgehead atoms. The summed E-state index contributed by atoms with van der Waals surface area (Å²) >= 11 is 0. The van der Waals surface area contributed by atoms with E-state index in [1.807, 2.05) is 6.92 Å². The molecule has 2 aromatic rings. The number of methoxy groups -OCH3 is 1. The van der Waals surface area contributed by atoms with E-state index < -0.39 is 5.41 Å². The summed E-state index contributed by atoms with van der Waals surface area (Å²) in [4.78, 5) is 41.5. The molecule has 24 heavy (non-hydrogen) atoms. The molecule has 2 aromatic heterocycles. The Kier molecular flexibility index (Phi) is 2.76. The molecule has 0 spiro atoms. The summed E-state index contributed by atoms with van der Waals surface area (Å²) < 4.78 is 9.24. The second kappa shape index (κ2) is 4.37. The van der Waals surface area contributed by atoms with Gasteiger partial charge in [0.15, 0.2) is 11.2 Å². The summed E-state index contributed by atoms with van der Waals surface area (Å²) in [7, 11) is 4.76. The summed E-state index contributed by atoms with van der Waals surface area (Å²) in [6.45, 7) is 2.33. The number of ether oxygens (including phenoxy) is 1. The Bertz CT molecular complexity index is 990. The Hall–Kier alpha value is -2.38. The molecule has 1 atom stereocenters. The Morgan fingerprint density at radius 1 is 1.38 bits per heavy atom. The van der Waals surface area contributed by atoms with Crippen LogP contribution in [0.2, 0.25) is 0 Å². The molecule has 3 aliphatic rings. The predicted octanol–water partition coefficient (Wildman–Crippen LogP) is 0.0230. The summed E-state index contributed by atoms with van der Waals surface area (Å²) in [6, 6.07) is 0. The molecule has 0 saturated heterocycles. The minimum absolute atomic E-state index is 0.108. The standard InChI is InChI=1S/C16H20N4O4/c1-9-15(5-16(9,6-15)13(22)24-4)7-20-12(21)10-11(17-8-18(10)2)19(3)14(20)23/h8-9H,5-7H2,1-4H3. The second-order valence-electron chi connectivity index (χ2n) is 7.35. The molecule has 8 heteroatoms. The first-order valence-electron chi connectivity index (χ1n) is 7.97. The average molecular weight is 332 g/mol. The van der Waals surface area contributed by atoms with Gasteiger partial charge in [-0.1, -0.05) is 6.92 Å². The zero-order chi connectivity index (χ0) is 17.4. The van der Waals surface area contributed by atoms with Crippen molar-refractivity contribution in [2.75, 3.05) is 7.11 Å². The van der Waals surface area contributed by atoms with Crippen LogP contribution in [0.25, 0.3) is 11.2 Å². The van der Waals surface area contributed by atoms with E-state index in [0.717, 1.165) is 0 Å². The van der Waals surface area contributed by atoms with Crippen molar-refractivity contribution < 1.29 is 9.53 Å². The van der Waals surface area contributed by atoms with Gasteiger partial charge in [-0.05, 0) is 24.2 Å². The van der Waals surface area contributed by atoms with Crippen molar-refractivity contribution in [1.82, 2.24) is 18.7 Å². The minimum Gasteiger partial charge on any atom is -0.469 e. The van der Waals surface area contributed by atoms with E-state index in [1.54, 1.807) is 18.7 Å². The van der Waals surface area contributed by atoms with Crippen LogP contribution in [0.3, 0.4) is 0 Å². The lowest BCUT2D eigenvalue weighted by Gasteiger charge is -2.73. The molecule has 1 unspecified atom stereocenters. The molecular formula is C16H20N4O4. The number of hydrogen-bond donors (Lipinski definition) is 0. The van der Waals surface area contributed by atoms with E-state index in [9.17, 15) is 14.4 Å². The first kappa shape index (κ1) is 15.2. The highest BCUT2D eigenvalue weighted by Gasteiger charge is 2.77. The lowest BCUT2D eigenvalue weighted by molar-refractivity contribution is -0.275. The molecule has 0 aromatic carbocycles. The number of imidazole rings is 1. The number of rotatable bonds is 3. The zero-order valence-electron chi connectivity index (χ0n) is 14.2. The van der Waals surface area contributed by atoms with Crippen molar-refractivity contribution in [3.63, 3.8) is 0 Å². The fourth-order valence-electron chi connectivity index (χ4n) is 4.76. The minimum atomic E-state index is -0.416. The molecule has 3 fully saturated rings. The molecule has 3 aliphatic carbocycles. The maximum Gasteiger partial charge on any atom is 0.332 e. The molecular weight excluding hydrogens is 312 g/mol. The van der Waals surface area contributed by atoms with Crippen LogP contribution in [0, 0.1) is 16.7 Å². The molecule has 0 amide bonds. The van der Waals surface area contributed by atoms with Gasteiger partial charge in [-0.2, -0.15) is 0 Å². The van der Waals surface area contributed by atoms with Crippen molar-refractivity contribution in [3.8, 4) is 0 Å². The first-order chi connectivity index (χ1) is 11.3. The zero-order valence-corrected chi connectivity index (χ0v) is 14.2. The maximum atomic E-state index is 12.8. The first-order valence-corrected chi connectivity index (χ1v) is 7.97. The predicted molar refractivity (Wildman–Crippen MR) is 85.5 cm³/mol. The van der Waals surface area contributed by atoms with Gasteiger partial charge in [0.25, 0.3) is 5.56 Å². The topological polar surface area (TPSA) is 88.1 Å². The highest BCUT2D eigenvalue weighted by Crippen LogP contribution is 2.77. The lowest BCUT2D eigenvalue weighted by atomic mass is 9.29. The van der Waals surface area contributed by atoms with Crippen LogP contribution in [-0.2, 0) is 30.2 Å². The van der Waals surface area contributed by atoms with E-state index >= 15 is 0 Å². The van der Waals surface area contributed by atoms with Gasteiger partial charge in [-0.15, -0.1) is 0 Å². The normalized spacial score (nSPS) is 30.8. The number of fused-ring (bicyclic) bond motifs is 1. The Morgan fingerprint density at radius 2 is 2.04 bits per heavy atom. The van der Waals surface area contributed by atoms with Gasteiger partial charge in [0, 0.05) is 20.6 Å². The Morgan fingerprint density at radius 3 is 2.62 bits per heavy atom. The third-order valence-electron chi connectivity index (χ3n) is 6.35. The fraction of sp³-hybridized carbons (Fsp3) is 0.625. The van der Waals surface area contributed by atoms with Crippen molar-refractivity contribution in [2.45, 2.75) is 26.3 Å². The van der Waals surface area contributed by atoms with Gasteiger partial charge >= 0.3 is 11.7 Å². The number of nitrogens with zero attached hydrogens (tertiary/aromatic N) is 4. The molecule has 3 saturated carbocycles. The number of aryl methyl sites for hydroxylation is 2. The lowest BCUT2D eigenvalue weighted by Crippen LogP contribution is -2.74.